The number of rotatable bonds is 21. The minimum absolute atomic E-state index is 0.873. The van der Waals surface area contributed by atoms with E-state index in [9.17, 15) is 0 Å². The van der Waals surface area contributed by atoms with Crippen LogP contribution in [0.25, 0.3) is 0 Å². The Morgan fingerprint density at radius 2 is 0.889 bits per heavy atom. The molecule has 0 aromatic heterocycles. The lowest BCUT2D eigenvalue weighted by atomic mass is 9.86. The Morgan fingerprint density at radius 3 is 1.37 bits per heavy atom. The van der Waals surface area contributed by atoms with Gasteiger partial charge >= 0.3 is 0 Å². The first kappa shape index (κ1) is 26.7. The summed E-state index contributed by atoms with van der Waals surface area (Å²) in [7, 11) is 0. The lowest BCUT2D eigenvalue weighted by Gasteiger charge is -2.20. The van der Waals surface area contributed by atoms with Gasteiger partial charge in [-0.25, -0.2) is 0 Å². The molecular formula is C27H54. The molecule has 0 saturated heterocycles. The smallest absolute Gasteiger partial charge is 0.0351 e. The van der Waals surface area contributed by atoms with Crippen LogP contribution in [0.15, 0.2) is 12.2 Å². The molecular weight excluding hydrogens is 324 g/mol. The van der Waals surface area contributed by atoms with Gasteiger partial charge < -0.3 is 0 Å². The van der Waals surface area contributed by atoms with E-state index in [1.807, 2.05) is 0 Å². The first-order valence-electron chi connectivity index (χ1n) is 12.9. The molecule has 1 unspecified atom stereocenters. The number of hydrogen-bond acceptors (Lipinski definition) is 0. The van der Waals surface area contributed by atoms with Gasteiger partial charge in [0.15, 0.2) is 0 Å². The van der Waals surface area contributed by atoms with Crippen LogP contribution >= 0.6 is 0 Å². The number of unbranched alkanes of at least 4 members (excludes halogenated alkanes) is 14. The van der Waals surface area contributed by atoms with E-state index in [2.05, 4.69) is 39.8 Å². The molecule has 0 bridgehead atoms. The van der Waals surface area contributed by atoms with Crippen molar-refractivity contribution in [3.05, 3.63) is 12.2 Å². The van der Waals surface area contributed by atoms with Crippen molar-refractivity contribution in [2.24, 2.45) is 11.8 Å². The zero-order valence-corrected chi connectivity index (χ0v) is 19.7. The van der Waals surface area contributed by atoms with E-state index in [4.69, 9.17) is 0 Å². The highest BCUT2D eigenvalue weighted by Gasteiger charge is 2.11. The monoisotopic (exact) mass is 378 g/mol. The van der Waals surface area contributed by atoms with Gasteiger partial charge in [-0.3, -0.25) is 0 Å². The van der Waals surface area contributed by atoms with Crippen molar-refractivity contribution < 1.29 is 0 Å². The maximum absolute atomic E-state index is 2.45. The van der Waals surface area contributed by atoms with E-state index < -0.39 is 0 Å². The molecule has 27 heavy (non-hydrogen) atoms. The third kappa shape index (κ3) is 20.3. The Balaban J connectivity index is 3.31. The Morgan fingerprint density at radius 1 is 0.481 bits per heavy atom. The molecule has 0 aliphatic rings. The topological polar surface area (TPSA) is 0 Å². The van der Waals surface area contributed by atoms with Gasteiger partial charge in [-0.15, -0.1) is 0 Å². The summed E-state index contributed by atoms with van der Waals surface area (Å²) in [6, 6.07) is 0. The summed E-state index contributed by atoms with van der Waals surface area (Å²) in [4.78, 5) is 0. The highest BCUT2D eigenvalue weighted by Crippen LogP contribution is 2.24. The molecule has 0 saturated carbocycles. The molecule has 0 amide bonds. The van der Waals surface area contributed by atoms with Crippen LogP contribution in [-0.2, 0) is 0 Å². The Hall–Kier alpha value is -0.260. The molecule has 0 aliphatic carbocycles. The van der Waals surface area contributed by atoms with Crippen LogP contribution in [0.4, 0.5) is 0 Å². The largest absolute Gasteiger partial charge is 0.0885 e. The normalized spacial score (nSPS) is 13.1. The van der Waals surface area contributed by atoms with E-state index in [-0.39, 0.29) is 0 Å². The van der Waals surface area contributed by atoms with Gasteiger partial charge in [-0.1, -0.05) is 136 Å². The first-order valence-corrected chi connectivity index (χ1v) is 12.9. The second-order valence-corrected chi connectivity index (χ2v) is 9.23. The SMILES string of the molecule is CCCCCCCCCCCC/C=C/CCCCCC(CCCC)C(C)C. The summed E-state index contributed by atoms with van der Waals surface area (Å²) in [6.07, 6.45) is 31.9. The third-order valence-corrected chi connectivity index (χ3v) is 6.21. The predicted molar refractivity (Wildman–Crippen MR) is 127 cm³/mol. The lowest BCUT2D eigenvalue weighted by molar-refractivity contribution is 0.317. The zero-order valence-electron chi connectivity index (χ0n) is 19.7. The second kappa shape index (κ2) is 22.0. The fourth-order valence-corrected chi connectivity index (χ4v) is 4.11. The van der Waals surface area contributed by atoms with Crippen LogP contribution in [0.5, 0.6) is 0 Å². The molecule has 0 fully saturated rings. The van der Waals surface area contributed by atoms with Gasteiger partial charge in [0.2, 0.25) is 0 Å². The van der Waals surface area contributed by atoms with Crippen LogP contribution < -0.4 is 0 Å². The molecule has 0 heteroatoms. The van der Waals surface area contributed by atoms with Crippen molar-refractivity contribution in [1.29, 1.82) is 0 Å². The summed E-state index contributed by atoms with van der Waals surface area (Å²) in [5.41, 5.74) is 0. The van der Waals surface area contributed by atoms with Crippen LogP contribution in [0.3, 0.4) is 0 Å². The Labute approximate surface area is 174 Å². The fraction of sp³-hybridized carbons (Fsp3) is 0.926. The van der Waals surface area contributed by atoms with Gasteiger partial charge in [-0.05, 0) is 37.5 Å². The summed E-state index contributed by atoms with van der Waals surface area (Å²) in [6.45, 7) is 9.44. The molecule has 0 spiro atoms. The van der Waals surface area contributed by atoms with Crippen molar-refractivity contribution in [2.45, 2.75) is 150 Å². The highest BCUT2D eigenvalue weighted by molar-refractivity contribution is 4.81. The molecule has 0 aromatic carbocycles. The van der Waals surface area contributed by atoms with Gasteiger partial charge in [0, 0.05) is 0 Å². The third-order valence-electron chi connectivity index (χ3n) is 6.21. The van der Waals surface area contributed by atoms with Gasteiger partial charge in [-0.2, -0.15) is 0 Å². The molecule has 0 aromatic rings. The average molecular weight is 379 g/mol. The molecule has 0 heterocycles. The van der Waals surface area contributed by atoms with Crippen molar-refractivity contribution in [2.75, 3.05) is 0 Å². The van der Waals surface area contributed by atoms with Crippen molar-refractivity contribution >= 4 is 0 Å². The standard InChI is InChI=1S/C27H54/c1-5-7-9-10-11-12-13-14-15-16-17-18-19-20-21-22-23-25-27(26(3)4)24-8-6-2/h18-19,26-27H,5-17,20-25H2,1-4H3/b19-18+. The molecule has 0 nitrogen and oxygen atoms in total. The van der Waals surface area contributed by atoms with E-state index in [1.165, 1.54) is 122 Å². The fourth-order valence-electron chi connectivity index (χ4n) is 4.11. The van der Waals surface area contributed by atoms with Crippen LogP contribution in [-0.4, -0.2) is 0 Å². The Bertz CT molecular complexity index is 288. The number of allylic oxidation sites excluding steroid dienone is 2. The molecule has 0 rings (SSSR count). The van der Waals surface area contributed by atoms with Crippen LogP contribution in [0.1, 0.15) is 150 Å². The maximum Gasteiger partial charge on any atom is -0.0351 e. The maximum atomic E-state index is 2.45. The second-order valence-electron chi connectivity index (χ2n) is 9.23. The minimum Gasteiger partial charge on any atom is -0.0885 e. The van der Waals surface area contributed by atoms with E-state index in [1.54, 1.807) is 0 Å². The van der Waals surface area contributed by atoms with Gasteiger partial charge in [0.1, 0.15) is 0 Å². The first-order chi connectivity index (χ1) is 13.2. The molecule has 0 radical (unpaired) electrons. The average Bonchev–Trinajstić information content (AvgIpc) is 2.66. The van der Waals surface area contributed by atoms with E-state index >= 15 is 0 Å². The summed E-state index contributed by atoms with van der Waals surface area (Å²) in [5, 5.41) is 0. The predicted octanol–water partition coefficient (Wildman–Crippen LogP) is 10.3. The molecule has 0 N–H and O–H groups in total. The molecule has 0 aliphatic heterocycles. The van der Waals surface area contributed by atoms with E-state index in [0.717, 1.165) is 11.8 Å². The minimum atomic E-state index is 0.873. The van der Waals surface area contributed by atoms with Gasteiger partial charge in [0.05, 0.1) is 0 Å². The molecule has 162 valence electrons. The van der Waals surface area contributed by atoms with Gasteiger partial charge in [0.25, 0.3) is 0 Å². The highest BCUT2D eigenvalue weighted by atomic mass is 14.2. The van der Waals surface area contributed by atoms with Crippen molar-refractivity contribution in [3.8, 4) is 0 Å². The summed E-state index contributed by atoms with van der Waals surface area (Å²) >= 11 is 0. The van der Waals surface area contributed by atoms with Crippen molar-refractivity contribution in [1.82, 2.24) is 0 Å². The zero-order chi connectivity index (χ0) is 20.0. The van der Waals surface area contributed by atoms with Crippen LogP contribution in [0, 0.1) is 11.8 Å². The summed E-state index contributed by atoms with van der Waals surface area (Å²) < 4.78 is 0. The van der Waals surface area contributed by atoms with E-state index in [0.29, 0.717) is 0 Å². The summed E-state index contributed by atoms with van der Waals surface area (Å²) in [5.74, 6) is 1.84. The van der Waals surface area contributed by atoms with Crippen LogP contribution in [0.2, 0.25) is 0 Å². The Kier molecular flexibility index (Phi) is 21.8. The lowest BCUT2D eigenvalue weighted by Crippen LogP contribution is -2.08. The quantitative estimate of drug-likeness (QED) is 0.138. The number of hydrogen-bond donors (Lipinski definition) is 0. The van der Waals surface area contributed by atoms with Crippen molar-refractivity contribution in [3.63, 3.8) is 0 Å². The molecule has 1 atom stereocenters.